The van der Waals surface area contributed by atoms with Crippen LogP contribution < -0.4 is 5.32 Å². The van der Waals surface area contributed by atoms with Gasteiger partial charge in [0.05, 0.1) is 12.2 Å². The molecule has 0 saturated carbocycles. The van der Waals surface area contributed by atoms with E-state index in [2.05, 4.69) is 56.7 Å². The smallest absolute Gasteiger partial charge is 0.130 e. The van der Waals surface area contributed by atoms with Gasteiger partial charge in [0.1, 0.15) is 12.1 Å². The average molecular weight is 318 g/mol. The maximum absolute atomic E-state index is 4.32. The highest BCUT2D eigenvalue weighted by molar-refractivity contribution is 5.87. The Hall–Kier alpha value is -3.15. The molecule has 0 spiro atoms. The number of rotatable bonds is 4. The molecule has 3 heterocycles. The van der Waals surface area contributed by atoms with Gasteiger partial charge >= 0.3 is 0 Å². The molecular weight excluding hydrogens is 300 g/mol. The average Bonchev–Trinajstić information content (AvgIpc) is 3.21. The summed E-state index contributed by atoms with van der Waals surface area (Å²) in [5, 5.41) is 9.02. The largest absolute Gasteiger partial charge is 0.361 e. The maximum atomic E-state index is 4.32. The fourth-order valence-corrected chi connectivity index (χ4v) is 3.02. The minimum absolute atomic E-state index is 0.0517. The van der Waals surface area contributed by atoms with Gasteiger partial charge in [-0.05, 0) is 18.6 Å². The van der Waals surface area contributed by atoms with Gasteiger partial charge in [-0.25, -0.2) is 9.97 Å². The molecule has 0 aliphatic heterocycles. The molecule has 120 valence electrons. The van der Waals surface area contributed by atoms with Crippen LogP contribution in [-0.2, 0) is 7.05 Å². The van der Waals surface area contributed by atoms with Crippen molar-refractivity contribution in [1.29, 1.82) is 0 Å². The van der Waals surface area contributed by atoms with Crippen LogP contribution in [0.1, 0.15) is 22.7 Å². The number of nitrogens with zero attached hydrogens (tertiary/aromatic N) is 4. The summed E-state index contributed by atoms with van der Waals surface area (Å²) in [6.45, 7) is 2.11. The van der Waals surface area contributed by atoms with E-state index in [1.165, 1.54) is 16.5 Å². The van der Waals surface area contributed by atoms with Gasteiger partial charge in [0.2, 0.25) is 0 Å². The first-order valence-corrected chi connectivity index (χ1v) is 7.80. The predicted octanol–water partition coefficient (Wildman–Crippen LogP) is 3.20. The Labute approximate surface area is 139 Å². The van der Waals surface area contributed by atoms with Crippen molar-refractivity contribution in [2.24, 2.45) is 7.05 Å². The van der Waals surface area contributed by atoms with Gasteiger partial charge in [0.15, 0.2) is 0 Å². The van der Waals surface area contributed by atoms with Crippen molar-refractivity contribution in [3.8, 4) is 0 Å². The van der Waals surface area contributed by atoms with Crippen LogP contribution in [0.25, 0.3) is 10.9 Å². The summed E-state index contributed by atoms with van der Waals surface area (Å²) >= 11 is 0. The number of hydrogen-bond donors (Lipinski definition) is 2. The second-order valence-corrected chi connectivity index (χ2v) is 5.86. The molecule has 1 atom stereocenters. The van der Waals surface area contributed by atoms with Gasteiger partial charge in [-0.15, -0.1) is 0 Å². The monoisotopic (exact) mass is 318 g/mol. The number of anilines is 1. The zero-order valence-corrected chi connectivity index (χ0v) is 13.6. The van der Waals surface area contributed by atoms with Gasteiger partial charge in [-0.3, -0.25) is 4.68 Å². The predicted molar refractivity (Wildman–Crippen MR) is 93.7 cm³/mol. The third-order valence-electron chi connectivity index (χ3n) is 4.20. The lowest BCUT2D eigenvalue weighted by atomic mass is 10.00. The van der Waals surface area contributed by atoms with Crippen molar-refractivity contribution in [1.82, 2.24) is 24.7 Å². The van der Waals surface area contributed by atoms with Gasteiger partial charge in [0, 0.05) is 47.7 Å². The number of aromatic amines is 1. The molecule has 0 radical (unpaired) electrons. The molecule has 0 bridgehead atoms. The standard InChI is InChI=1S/C18H18N6/c1-12-4-3-5-14-15(9-20-17(12)14)18(13-8-22-24(2)10-13)23-16-6-7-19-11-21-16/h3-11,18,20H,1-2H3,(H,19,21,23). The molecule has 0 aliphatic rings. The molecule has 0 aliphatic carbocycles. The number of aryl methyl sites for hydroxylation is 2. The van der Waals surface area contributed by atoms with Gasteiger partial charge in [-0.1, -0.05) is 18.2 Å². The molecule has 2 N–H and O–H groups in total. The second kappa shape index (κ2) is 5.81. The highest BCUT2D eigenvalue weighted by Gasteiger charge is 2.20. The molecule has 0 saturated heterocycles. The number of para-hydroxylation sites is 1. The molecule has 4 aromatic rings. The summed E-state index contributed by atoms with van der Waals surface area (Å²) in [4.78, 5) is 11.7. The Morgan fingerprint density at radius 2 is 2.17 bits per heavy atom. The fraction of sp³-hybridized carbons (Fsp3) is 0.167. The molecule has 0 amide bonds. The van der Waals surface area contributed by atoms with Crippen molar-refractivity contribution >= 4 is 16.7 Å². The van der Waals surface area contributed by atoms with Crippen LogP contribution in [0.3, 0.4) is 0 Å². The highest BCUT2D eigenvalue weighted by atomic mass is 15.2. The van der Waals surface area contributed by atoms with E-state index in [0.717, 1.165) is 16.9 Å². The Kier molecular flexibility index (Phi) is 3.49. The van der Waals surface area contributed by atoms with Crippen LogP contribution in [0.2, 0.25) is 0 Å². The van der Waals surface area contributed by atoms with E-state index in [1.807, 2.05) is 30.2 Å². The molecule has 4 rings (SSSR count). The molecule has 0 fully saturated rings. The zero-order valence-electron chi connectivity index (χ0n) is 13.6. The maximum Gasteiger partial charge on any atom is 0.130 e. The normalized spacial score (nSPS) is 12.4. The number of hydrogen-bond acceptors (Lipinski definition) is 4. The van der Waals surface area contributed by atoms with Crippen LogP contribution in [0.4, 0.5) is 5.82 Å². The number of nitrogens with one attached hydrogen (secondary N) is 2. The number of aromatic nitrogens is 5. The lowest BCUT2D eigenvalue weighted by molar-refractivity contribution is 0.766. The molecule has 6 heteroatoms. The van der Waals surface area contributed by atoms with E-state index in [1.54, 1.807) is 12.5 Å². The van der Waals surface area contributed by atoms with E-state index >= 15 is 0 Å². The Bertz CT molecular complexity index is 970. The van der Waals surface area contributed by atoms with E-state index in [-0.39, 0.29) is 6.04 Å². The fourth-order valence-electron chi connectivity index (χ4n) is 3.02. The zero-order chi connectivity index (χ0) is 16.5. The Morgan fingerprint density at radius 1 is 1.25 bits per heavy atom. The molecular formula is C18H18N6. The number of benzene rings is 1. The van der Waals surface area contributed by atoms with E-state index < -0.39 is 0 Å². The molecule has 3 aromatic heterocycles. The van der Waals surface area contributed by atoms with Crippen LogP contribution >= 0.6 is 0 Å². The van der Waals surface area contributed by atoms with E-state index in [0.29, 0.717) is 0 Å². The SMILES string of the molecule is Cc1cccc2c(C(Nc3ccncn3)c3cnn(C)c3)c[nH]c12. The first kappa shape index (κ1) is 14.4. The van der Waals surface area contributed by atoms with Crippen LogP contribution in [-0.4, -0.2) is 24.7 Å². The summed E-state index contributed by atoms with van der Waals surface area (Å²) in [6, 6.07) is 8.14. The first-order valence-electron chi connectivity index (χ1n) is 7.80. The highest BCUT2D eigenvalue weighted by Crippen LogP contribution is 2.32. The van der Waals surface area contributed by atoms with Crippen molar-refractivity contribution in [3.63, 3.8) is 0 Å². The third kappa shape index (κ3) is 2.52. The van der Waals surface area contributed by atoms with Gasteiger partial charge < -0.3 is 10.3 Å². The van der Waals surface area contributed by atoms with Crippen molar-refractivity contribution in [2.75, 3.05) is 5.32 Å². The minimum Gasteiger partial charge on any atom is -0.361 e. The third-order valence-corrected chi connectivity index (χ3v) is 4.20. The summed E-state index contributed by atoms with van der Waals surface area (Å²) < 4.78 is 1.81. The van der Waals surface area contributed by atoms with Crippen LogP contribution in [0.5, 0.6) is 0 Å². The summed E-state index contributed by atoms with van der Waals surface area (Å²) in [6.07, 6.45) is 9.24. The van der Waals surface area contributed by atoms with Crippen molar-refractivity contribution < 1.29 is 0 Å². The lowest BCUT2D eigenvalue weighted by Crippen LogP contribution is -2.12. The molecule has 24 heavy (non-hydrogen) atoms. The molecule has 1 aromatic carbocycles. The van der Waals surface area contributed by atoms with E-state index in [9.17, 15) is 0 Å². The lowest BCUT2D eigenvalue weighted by Gasteiger charge is -2.17. The minimum atomic E-state index is -0.0517. The Morgan fingerprint density at radius 3 is 2.92 bits per heavy atom. The summed E-state index contributed by atoms with van der Waals surface area (Å²) in [5.74, 6) is 0.779. The Balaban J connectivity index is 1.84. The van der Waals surface area contributed by atoms with Crippen molar-refractivity contribution in [3.05, 3.63) is 72.1 Å². The quantitative estimate of drug-likeness (QED) is 0.606. The molecule has 1 unspecified atom stereocenters. The van der Waals surface area contributed by atoms with Crippen molar-refractivity contribution in [2.45, 2.75) is 13.0 Å². The number of fused-ring (bicyclic) bond motifs is 1. The van der Waals surface area contributed by atoms with Gasteiger partial charge in [-0.2, -0.15) is 5.10 Å². The first-order chi connectivity index (χ1) is 11.7. The van der Waals surface area contributed by atoms with Crippen LogP contribution in [0, 0.1) is 6.92 Å². The number of H-pyrrole nitrogens is 1. The second-order valence-electron chi connectivity index (χ2n) is 5.86. The van der Waals surface area contributed by atoms with E-state index in [4.69, 9.17) is 0 Å². The summed E-state index contributed by atoms with van der Waals surface area (Å²) in [7, 11) is 1.92. The molecule has 6 nitrogen and oxygen atoms in total. The topological polar surface area (TPSA) is 71.4 Å². The van der Waals surface area contributed by atoms with Gasteiger partial charge in [0.25, 0.3) is 0 Å². The summed E-state index contributed by atoms with van der Waals surface area (Å²) in [5.41, 5.74) is 4.63. The van der Waals surface area contributed by atoms with Crippen LogP contribution in [0.15, 0.2) is 55.4 Å².